The highest BCUT2D eigenvalue weighted by Crippen LogP contribution is 2.23. The van der Waals surface area contributed by atoms with E-state index in [2.05, 4.69) is 11.9 Å². The number of hydrogen-bond donors (Lipinski definition) is 1. The zero-order valence-corrected chi connectivity index (χ0v) is 16.4. The first-order chi connectivity index (χ1) is 13.5. The van der Waals surface area contributed by atoms with Gasteiger partial charge in [0.05, 0.1) is 6.54 Å². The Labute approximate surface area is 166 Å². The molecule has 1 saturated heterocycles. The van der Waals surface area contributed by atoms with Crippen LogP contribution in [0.15, 0.2) is 47.4 Å². The van der Waals surface area contributed by atoms with Crippen molar-refractivity contribution in [3.63, 3.8) is 0 Å². The molecule has 3 rings (SSSR count). The fourth-order valence-electron chi connectivity index (χ4n) is 3.62. The highest BCUT2D eigenvalue weighted by molar-refractivity contribution is 5.94. The molecule has 2 heterocycles. The Morgan fingerprint density at radius 1 is 1.25 bits per heavy atom. The van der Waals surface area contributed by atoms with E-state index in [1.165, 1.54) is 0 Å². The molecule has 2 aromatic rings. The SMILES string of the molecule is C=Cc1ccc(C(=O)N2CCCC(CCC(=O)NCc3ccc(C)o3)C2)cc1. The van der Waals surface area contributed by atoms with Gasteiger partial charge in [0.25, 0.3) is 5.91 Å². The van der Waals surface area contributed by atoms with E-state index >= 15 is 0 Å². The zero-order valence-electron chi connectivity index (χ0n) is 16.4. The van der Waals surface area contributed by atoms with Crippen molar-refractivity contribution < 1.29 is 14.0 Å². The molecule has 1 aromatic carbocycles. The predicted molar refractivity (Wildman–Crippen MR) is 110 cm³/mol. The van der Waals surface area contributed by atoms with Gasteiger partial charge in [0.15, 0.2) is 0 Å². The molecule has 0 aliphatic carbocycles. The number of nitrogens with one attached hydrogen (secondary N) is 1. The summed E-state index contributed by atoms with van der Waals surface area (Å²) < 4.78 is 5.46. The van der Waals surface area contributed by atoms with E-state index in [0.29, 0.717) is 31.0 Å². The number of carbonyl (C=O) groups is 2. The fourth-order valence-corrected chi connectivity index (χ4v) is 3.62. The molecule has 1 unspecified atom stereocenters. The van der Waals surface area contributed by atoms with Crippen LogP contribution < -0.4 is 5.32 Å². The second-order valence-electron chi connectivity index (χ2n) is 7.41. The maximum Gasteiger partial charge on any atom is 0.253 e. The van der Waals surface area contributed by atoms with Crippen LogP contribution in [0, 0.1) is 12.8 Å². The van der Waals surface area contributed by atoms with Crippen LogP contribution in [-0.4, -0.2) is 29.8 Å². The van der Waals surface area contributed by atoms with Gasteiger partial charge in [-0.2, -0.15) is 0 Å². The molecule has 0 radical (unpaired) electrons. The van der Waals surface area contributed by atoms with Gasteiger partial charge in [-0.25, -0.2) is 0 Å². The standard InChI is InChI=1S/C23H28N2O3/c1-3-18-7-10-20(11-8-18)23(27)25-14-4-5-19(16-25)9-13-22(26)24-15-21-12-6-17(2)28-21/h3,6-8,10-12,19H,1,4-5,9,13-16H2,2H3,(H,24,26). The summed E-state index contributed by atoms with van der Waals surface area (Å²) in [6, 6.07) is 11.3. The summed E-state index contributed by atoms with van der Waals surface area (Å²) in [7, 11) is 0. The van der Waals surface area contributed by atoms with Gasteiger partial charge in [-0.1, -0.05) is 24.8 Å². The second-order valence-corrected chi connectivity index (χ2v) is 7.41. The van der Waals surface area contributed by atoms with Gasteiger partial charge in [-0.3, -0.25) is 9.59 Å². The van der Waals surface area contributed by atoms with E-state index in [1.807, 2.05) is 48.2 Å². The van der Waals surface area contributed by atoms with Crippen molar-refractivity contribution in [3.8, 4) is 0 Å². The Morgan fingerprint density at radius 3 is 2.71 bits per heavy atom. The van der Waals surface area contributed by atoms with Crippen molar-refractivity contribution in [2.75, 3.05) is 13.1 Å². The van der Waals surface area contributed by atoms with Gasteiger partial charge in [-0.15, -0.1) is 0 Å². The number of nitrogens with zero attached hydrogens (tertiary/aromatic N) is 1. The topological polar surface area (TPSA) is 62.6 Å². The van der Waals surface area contributed by atoms with Crippen LogP contribution in [0.25, 0.3) is 6.08 Å². The average Bonchev–Trinajstić information content (AvgIpc) is 3.15. The lowest BCUT2D eigenvalue weighted by atomic mass is 9.92. The largest absolute Gasteiger partial charge is 0.465 e. The summed E-state index contributed by atoms with van der Waals surface area (Å²) in [5.74, 6) is 2.07. The maximum atomic E-state index is 12.8. The van der Waals surface area contributed by atoms with Crippen LogP contribution in [0.4, 0.5) is 0 Å². The molecular weight excluding hydrogens is 352 g/mol. The van der Waals surface area contributed by atoms with Crippen LogP contribution >= 0.6 is 0 Å². The quantitative estimate of drug-likeness (QED) is 0.784. The highest BCUT2D eigenvalue weighted by Gasteiger charge is 2.24. The average molecular weight is 380 g/mol. The third-order valence-corrected chi connectivity index (χ3v) is 5.23. The summed E-state index contributed by atoms with van der Waals surface area (Å²) in [6.07, 6.45) is 5.07. The molecule has 1 aromatic heterocycles. The monoisotopic (exact) mass is 380 g/mol. The molecule has 1 N–H and O–H groups in total. The number of amides is 2. The molecule has 0 saturated carbocycles. The molecule has 5 heteroatoms. The molecule has 1 aliphatic heterocycles. The first-order valence-electron chi connectivity index (χ1n) is 9.89. The first kappa shape index (κ1) is 19.9. The Morgan fingerprint density at radius 2 is 2.04 bits per heavy atom. The molecule has 2 amide bonds. The summed E-state index contributed by atoms with van der Waals surface area (Å²) in [5, 5.41) is 2.90. The molecule has 1 fully saturated rings. The third-order valence-electron chi connectivity index (χ3n) is 5.23. The van der Waals surface area contributed by atoms with Crippen molar-refractivity contribution in [2.45, 2.75) is 39.2 Å². The van der Waals surface area contributed by atoms with E-state index in [0.717, 1.165) is 42.9 Å². The number of furan rings is 1. The smallest absolute Gasteiger partial charge is 0.253 e. The van der Waals surface area contributed by atoms with Gasteiger partial charge in [-0.05, 0) is 61.9 Å². The van der Waals surface area contributed by atoms with Gasteiger partial charge in [0, 0.05) is 25.1 Å². The number of carbonyl (C=O) groups excluding carboxylic acids is 2. The van der Waals surface area contributed by atoms with Crippen LogP contribution in [0.5, 0.6) is 0 Å². The fraction of sp³-hybridized carbons (Fsp3) is 0.391. The van der Waals surface area contributed by atoms with Gasteiger partial charge >= 0.3 is 0 Å². The summed E-state index contributed by atoms with van der Waals surface area (Å²) in [6.45, 7) is 7.54. The van der Waals surface area contributed by atoms with E-state index in [-0.39, 0.29) is 11.8 Å². The Hall–Kier alpha value is -2.82. The van der Waals surface area contributed by atoms with E-state index in [9.17, 15) is 9.59 Å². The Balaban J connectivity index is 1.45. The summed E-state index contributed by atoms with van der Waals surface area (Å²) in [5.41, 5.74) is 1.71. The molecule has 1 atom stereocenters. The van der Waals surface area contributed by atoms with Gasteiger partial charge in [0.1, 0.15) is 11.5 Å². The molecular formula is C23H28N2O3. The molecule has 148 valence electrons. The molecule has 1 aliphatic rings. The van der Waals surface area contributed by atoms with Crippen molar-refractivity contribution in [2.24, 2.45) is 5.92 Å². The second kappa shape index (κ2) is 9.40. The van der Waals surface area contributed by atoms with Crippen molar-refractivity contribution in [3.05, 3.63) is 65.6 Å². The lowest BCUT2D eigenvalue weighted by molar-refractivity contribution is -0.121. The lowest BCUT2D eigenvalue weighted by Crippen LogP contribution is -2.40. The van der Waals surface area contributed by atoms with Crippen molar-refractivity contribution in [1.82, 2.24) is 10.2 Å². The minimum absolute atomic E-state index is 0.0255. The number of hydrogen-bond acceptors (Lipinski definition) is 3. The maximum absolute atomic E-state index is 12.8. The minimum Gasteiger partial charge on any atom is -0.465 e. The van der Waals surface area contributed by atoms with E-state index < -0.39 is 0 Å². The number of aryl methyl sites for hydroxylation is 1. The van der Waals surface area contributed by atoms with Crippen LogP contribution in [0.1, 0.15) is 53.1 Å². The predicted octanol–water partition coefficient (Wildman–Crippen LogP) is 4.18. The summed E-state index contributed by atoms with van der Waals surface area (Å²) in [4.78, 5) is 26.8. The van der Waals surface area contributed by atoms with E-state index in [4.69, 9.17) is 4.42 Å². The summed E-state index contributed by atoms with van der Waals surface area (Å²) >= 11 is 0. The first-order valence-corrected chi connectivity index (χ1v) is 9.89. The normalized spacial score (nSPS) is 16.6. The molecule has 28 heavy (non-hydrogen) atoms. The van der Waals surface area contributed by atoms with Gasteiger partial charge < -0.3 is 14.6 Å². The molecule has 0 bridgehead atoms. The van der Waals surface area contributed by atoms with Crippen LogP contribution in [0.2, 0.25) is 0 Å². The lowest BCUT2D eigenvalue weighted by Gasteiger charge is -2.33. The Bertz CT molecular complexity index is 823. The van der Waals surface area contributed by atoms with Crippen LogP contribution in [0.3, 0.4) is 0 Å². The Kier molecular flexibility index (Phi) is 6.69. The number of benzene rings is 1. The van der Waals surface area contributed by atoms with Crippen molar-refractivity contribution in [1.29, 1.82) is 0 Å². The van der Waals surface area contributed by atoms with Crippen LogP contribution in [-0.2, 0) is 11.3 Å². The number of rotatable bonds is 7. The third kappa shape index (κ3) is 5.35. The minimum atomic E-state index is 0.0255. The van der Waals surface area contributed by atoms with Gasteiger partial charge in [0.2, 0.25) is 5.91 Å². The molecule has 0 spiro atoms. The zero-order chi connectivity index (χ0) is 19.9. The van der Waals surface area contributed by atoms with Crippen molar-refractivity contribution >= 4 is 17.9 Å². The highest BCUT2D eigenvalue weighted by atomic mass is 16.3. The van der Waals surface area contributed by atoms with E-state index in [1.54, 1.807) is 6.08 Å². The molecule has 5 nitrogen and oxygen atoms in total. The number of piperidine rings is 1. The number of likely N-dealkylation sites (tertiary alicyclic amines) is 1.